The Labute approximate surface area is 123 Å². The first-order valence-electron chi connectivity index (χ1n) is 7.08. The van der Waals surface area contributed by atoms with Gasteiger partial charge < -0.3 is 9.30 Å². The van der Waals surface area contributed by atoms with Crippen molar-refractivity contribution in [2.45, 2.75) is 32.7 Å². The zero-order valence-electron chi connectivity index (χ0n) is 12.3. The molecule has 1 aromatic heterocycles. The number of anilines is 1. The zero-order valence-corrected chi connectivity index (χ0v) is 12.3. The second-order valence-corrected chi connectivity index (χ2v) is 5.19. The average Bonchev–Trinajstić information content (AvgIpc) is 2.48. The maximum Gasteiger partial charge on any atom is 0.412 e. The number of carbonyl (C=O) groups is 1. The molecule has 0 unspecified atom stereocenters. The van der Waals surface area contributed by atoms with Crippen LogP contribution < -0.4 is 10.9 Å². The van der Waals surface area contributed by atoms with Crippen molar-refractivity contribution < 1.29 is 9.53 Å². The molecule has 5 nitrogen and oxygen atoms in total. The Morgan fingerprint density at radius 3 is 2.90 bits per heavy atom. The Balaban J connectivity index is 1.97. The van der Waals surface area contributed by atoms with Gasteiger partial charge in [-0.1, -0.05) is 18.2 Å². The summed E-state index contributed by atoms with van der Waals surface area (Å²) in [5.41, 5.74) is 0.967. The molecule has 0 saturated carbocycles. The molecule has 1 amide bonds. The number of hydrogen-bond donors (Lipinski definition) is 1. The fraction of sp³-hybridized carbons (Fsp3) is 0.375. The van der Waals surface area contributed by atoms with Gasteiger partial charge in [0.25, 0.3) is 5.56 Å². The Kier molecular flexibility index (Phi) is 4.98. The molecule has 0 bridgehead atoms. The summed E-state index contributed by atoms with van der Waals surface area (Å²) in [5, 5.41) is 2.50. The van der Waals surface area contributed by atoms with Crippen LogP contribution in [0.3, 0.4) is 0 Å². The number of allylic oxidation sites excluding steroid dienone is 2. The lowest BCUT2D eigenvalue weighted by atomic mass is 10.1. The highest BCUT2D eigenvalue weighted by Gasteiger charge is 2.10. The van der Waals surface area contributed by atoms with Crippen molar-refractivity contribution in [1.29, 1.82) is 0 Å². The topological polar surface area (TPSA) is 60.3 Å². The van der Waals surface area contributed by atoms with Gasteiger partial charge in [0.2, 0.25) is 0 Å². The number of ether oxygens (including phenoxy) is 1. The second-order valence-electron chi connectivity index (χ2n) is 5.19. The number of nitrogens with one attached hydrogen (secondary N) is 1. The lowest BCUT2D eigenvalue weighted by Gasteiger charge is -2.12. The van der Waals surface area contributed by atoms with Crippen LogP contribution in [0.2, 0.25) is 0 Å². The first-order valence-corrected chi connectivity index (χ1v) is 7.08. The summed E-state index contributed by atoms with van der Waals surface area (Å²) in [5.74, 6) is 0. The second kappa shape index (κ2) is 6.92. The number of pyridine rings is 1. The third-order valence-electron chi connectivity index (χ3n) is 3.21. The van der Waals surface area contributed by atoms with Crippen molar-refractivity contribution in [2.75, 3.05) is 11.9 Å². The zero-order chi connectivity index (χ0) is 15.2. The van der Waals surface area contributed by atoms with Gasteiger partial charge in [-0.2, -0.15) is 0 Å². The van der Waals surface area contributed by atoms with Crippen LogP contribution in [0, 0.1) is 0 Å². The summed E-state index contributed by atoms with van der Waals surface area (Å²) in [7, 11) is 0. The third kappa shape index (κ3) is 4.08. The molecule has 1 N–H and O–H groups in total. The molecule has 0 aliphatic heterocycles. The molecule has 21 heavy (non-hydrogen) atoms. The largest absolute Gasteiger partial charge is 0.444 e. The van der Waals surface area contributed by atoms with E-state index < -0.39 is 6.09 Å². The number of hydrogen-bond acceptors (Lipinski definition) is 3. The maximum atomic E-state index is 12.1. The smallest absolute Gasteiger partial charge is 0.412 e. The fourth-order valence-electron chi connectivity index (χ4n) is 2.08. The van der Waals surface area contributed by atoms with E-state index in [2.05, 4.69) is 11.4 Å². The van der Waals surface area contributed by atoms with E-state index in [0.717, 1.165) is 18.4 Å². The minimum atomic E-state index is -0.617. The summed E-state index contributed by atoms with van der Waals surface area (Å²) >= 11 is 0. The Morgan fingerprint density at radius 2 is 2.24 bits per heavy atom. The molecule has 1 aromatic rings. The van der Waals surface area contributed by atoms with Gasteiger partial charge in [0, 0.05) is 12.2 Å². The van der Waals surface area contributed by atoms with Gasteiger partial charge in [-0.25, -0.2) is 4.79 Å². The maximum absolute atomic E-state index is 12.1. The normalized spacial score (nSPS) is 14.0. The first-order chi connectivity index (χ1) is 10.1. The van der Waals surface area contributed by atoms with Crippen molar-refractivity contribution in [2.24, 2.45) is 0 Å². The highest BCUT2D eigenvalue weighted by molar-refractivity contribution is 5.84. The van der Waals surface area contributed by atoms with Gasteiger partial charge in [0.15, 0.2) is 0 Å². The predicted octanol–water partition coefficient (Wildman–Crippen LogP) is 3.25. The Bertz CT molecular complexity index is 627. The molecule has 0 fully saturated rings. The fourth-order valence-corrected chi connectivity index (χ4v) is 2.08. The van der Waals surface area contributed by atoms with Crippen molar-refractivity contribution in [3.63, 3.8) is 0 Å². The molecule has 0 saturated heterocycles. The number of amides is 1. The van der Waals surface area contributed by atoms with Crippen LogP contribution in [0.15, 0.2) is 46.9 Å². The van der Waals surface area contributed by atoms with E-state index >= 15 is 0 Å². The van der Waals surface area contributed by atoms with E-state index in [1.54, 1.807) is 22.9 Å². The molecule has 1 aliphatic carbocycles. The standard InChI is InChI=1S/C16H20N2O3/c1-12(2)18-10-6-9-14(15(18)19)17-16(20)21-11-13-7-4-3-5-8-13/h4,6-10,12H,3,5,11H2,1-2H3,(H,17,20). The van der Waals surface area contributed by atoms with E-state index in [1.165, 1.54) is 0 Å². The summed E-state index contributed by atoms with van der Waals surface area (Å²) in [4.78, 5) is 23.9. The third-order valence-corrected chi connectivity index (χ3v) is 3.21. The summed E-state index contributed by atoms with van der Waals surface area (Å²) < 4.78 is 6.68. The molecular weight excluding hydrogens is 268 g/mol. The minimum absolute atomic E-state index is 0.0350. The van der Waals surface area contributed by atoms with Crippen LogP contribution in [-0.4, -0.2) is 17.3 Å². The van der Waals surface area contributed by atoms with Crippen molar-refractivity contribution in [3.8, 4) is 0 Å². The number of carbonyl (C=O) groups excluding carboxylic acids is 1. The van der Waals surface area contributed by atoms with Gasteiger partial charge in [-0.3, -0.25) is 10.1 Å². The highest BCUT2D eigenvalue weighted by Crippen LogP contribution is 2.10. The van der Waals surface area contributed by atoms with Crippen LogP contribution in [0.1, 0.15) is 32.7 Å². The van der Waals surface area contributed by atoms with Crippen LogP contribution in [0.5, 0.6) is 0 Å². The monoisotopic (exact) mass is 288 g/mol. The molecule has 2 rings (SSSR count). The Morgan fingerprint density at radius 1 is 1.43 bits per heavy atom. The highest BCUT2D eigenvalue weighted by atomic mass is 16.5. The van der Waals surface area contributed by atoms with Crippen molar-refractivity contribution >= 4 is 11.8 Å². The lowest BCUT2D eigenvalue weighted by molar-refractivity contribution is 0.172. The van der Waals surface area contributed by atoms with Crippen LogP contribution in [-0.2, 0) is 4.74 Å². The average molecular weight is 288 g/mol. The Hall–Kier alpha value is -2.30. The van der Waals surface area contributed by atoms with Crippen molar-refractivity contribution in [1.82, 2.24) is 4.57 Å². The SMILES string of the molecule is CC(C)n1cccc(NC(=O)OCC2=CCCC=C2)c1=O. The molecule has 5 heteroatoms. The minimum Gasteiger partial charge on any atom is -0.444 e. The van der Waals surface area contributed by atoms with Gasteiger partial charge in [-0.05, 0) is 44.4 Å². The molecule has 1 aliphatic rings. The summed E-state index contributed by atoms with van der Waals surface area (Å²) in [6.45, 7) is 4.03. The van der Waals surface area contributed by atoms with Gasteiger partial charge >= 0.3 is 6.09 Å². The lowest BCUT2D eigenvalue weighted by Crippen LogP contribution is -2.27. The van der Waals surface area contributed by atoms with Crippen LogP contribution in [0.25, 0.3) is 0 Å². The molecule has 0 aromatic carbocycles. The molecule has 0 atom stereocenters. The number of aromatic nitrogens is 1. The number of rotatable bonds is 4. The van der Waals surface area contributed by atoms with E-state index in [9.17, 15) is 9.59 Å². The first kappa shape index (κ1) is 15.1. The van der Waals surface area contributed by atoms with E-state index in [1.807, 2.05) is 26.0 Å². The summed E-state index contributed by atoms with van der Waals surface area (Å²) in [6, 6.07) is 3.33. The number of nitrogens with zero attached hydrogens (tertiary/aromatic N) is 1. The van der Waals surface area contributed by atoms with Gasteiger partial charge in [0.05, 0.1) is 0 Å². The van der Waals surface area contributed by atoms with E-state index in [4.69, 9.17) is 4.74 Å². The predicted molar refractivity (Wildman–Crippen MR) is 82.5 cm³/mol. The molecular formula is C16H20N2O3. The van der Waals surface area contributed by atoms with Crippen molar-refractivity contribution in [3.05, 3.63) is 52.5 Å². The molecule has 0 radical (unpaired) electrons. The molecule has 0 spiro atoms. The van der Waals surface area contributed by atoms with Gasteiger partial charge in [-0.15, -0.1) is 0 Å². The molecule has 112 valence electrons. The summed E-state index contributed by atoms with van der Waals surface area (Å²) in [6.07, 6.45) is 9.11. The van der Waals surface area contributed by atoms with E-state index in [-0.39, 0.29) is 23.9 Å². The van der Waals surface area contributed by atoms with Crippen LogP contribution in [0.4, 0.5) is 10.5 Å². The quantitative estimate of drug-likeness (QED) is 0.925. The molecule has 1 heterocycles. The van der Waals surface area contributed by atoms with Gasteiger partial charge in [0.1, 0.15) is 12.3 Å². The van der Waals surface area contributed by atoms with Crippen LogP contribution >= 0.6 is 0 Å². The van der Waals surface area contributed by atoms with E-state index in [0.29, 0.717) is 0 Å².